The zero-order valence-electron chi connectivity index (χ0n) is 26.1. The van der Waals surface area contributed by atoms with Gasteiger partial charge < -0.3 is 29.6 Å². The third kappa shape index (κ3) is 5.83. The molecule has 0 radical (unpaired) electrons. The highest BCUT2D eigenvalue weighted by molar-refractivity contribution is 9.10. The molecule has 2 aromatic carbocycles. The van der Waals surface area contributed by atoms with Crippen LogP contribution in [-0.2, 0) is 16.3 Å². The maximum Gasteiger partial charge on any atom is 0.229 e. The van der Waals surface area contributed by atoms with Gasteiger partial charge in [0, 0.05) is 79.8 Å². The molecular formula is C32H35BrN9O3P. The van der Waals surface area contributed by atoms with E-state index in [4.69, 9.17) is 14.5 Å². The summed E-state index contributed by atoms with van der Waals surface area (Å²) < 4.78 is 27.6. The molecule has 2 fully saturated rings. The smallest absolute Gasteiger partial charge is 0.229 e. The van der Waals surface area contributed by atoms with Crippen molar-refractivity contribution in [2.75, 3.05) is 62.3 Å². The number of fused-ring (bicyclic) bond motifs is 1. The van der Waals surface area contributed by atoms with E-state index >= 15 is 0 Å². The Morgan fingerprint density at radius 2 is 1.91 bits per heavy atom. The monoisotopic (exact) mass is 703 g/mol. The van der Waals surface area contributed by atoms with Crippen molar-refractivity contribution in [1.29, 1.82) is 0 Å². The molecule has 2 saturated heterocycles. The molecule has 0 bridgehead atoms. The van der Waals surface area contributed by atoms with Crippen LogP contribution in [0.2, 0.25) is 0 Å². The number of anilines is 5. The van der Waals surface area contributed by atoms with Crippen LogP contribution in [0.1, 0.15) is 12.8 Å². The lowest BCUT2D eigenvalue weighted by atomic mass is 9.87. The maximum absolute atomic E-state index is 13.5. The van der Waals surface area contributed by atoms with Crippen molar-refractivity contribution in [3.8, 4) is 16.9 Å². The lowest BCUT2D eigenvalue weighted by Gasteiger charge is -2.26. The van der Waals surface area contributed by atoms with E-state index < -0.39 is 7.14 Å². The standard InChI is InChI=1S/C32H35BrN9O3P/c1-41-17-20(15-37-41)21-13-25(27(44-2)14-26(21)42-11-7-32(18-42)8-12-45-19-32)39-31-36-16-22(33)30(40-31)38-24-6-5-23-28(35-10-9-34-23)29(24)46(3,4)43/h5-6,9-10,13-17H,7-8,11-12,18-19H2,1-4H3,(H2,36,38,39,40). The average Bonchev–Trinajstić information content (AvgIpc) is 3.80. The van der Waals surface area contributed by atoms with Crippen molar-refractivity contribution in [3.63, 3.8) is 0 Å². The first-order valence-corrected chi connectivity index (χ1v) is 18.4. The van der Waals surface area contributed by atoms with Crippen molar-refractivity contribution in [3.05, 3.63) is 59.7 Å². The molecule has 5 heterocycles. The van der Waals surface area contributed by atoms with Gasteiger partial charge in [-0.15, -0.1) is 0 Å². The van der Waals surface area contributed by atoms with Gasteiger partial charge in [0.25, 0.3) is 0 Å². The predicted molar refractivity (Wildman–Crippen MR) is 185 cm³/mol. The third-order valence-corrected chi connectivity index (χ3v) is 10.8. The molecule has 5 aromatic rings. The molecule has 3 aromatic heterocycles. The van der Waals surface area contributed by atoms with Gasteiger partial charge >= 0.3 is 0 Å². The molecule has 0 amide bonds. The topological polar surface area (TPSA) is 132 Å². The number of halogens is 1. The summed E-state index contributed by atoms with van der Waals surface area (Å²) in [5, 5.41) is 11.8. The quantitative estimate of drug-likeness (QED) is 0.186. The number of rotatable bonds is 8. The van der Waals surface area contributed by atoms with Gasteiger partial charge in [0.05, 0.1) is 46.6 Å². The summed E-state index contributed by atoms with van der Waals surface area (Å²) in [6, 6.07) is 7.87. The Morgan fingerprint density at radius 1 is 1.07 bits per heavy atom. The minimum atomic E-state index is -2.76. The molecule has 1 spiro atoms. The number of benzene rings is 2. The Hall–Kier alpha value is -4.06. The van der Waals surface area contributed by atoms with Gasteiger partial charge in [0.15, 0.2) is 0 Å². The summed E-state index contributed by atoms with van der Waals surface area (Å²) in [5.74, 6) is 1.52. The molecule has 2 aliphatic heterocycles. The third-order valence-electron chi connectivity index (χ3n) is 8.69. The summed E-state index contributed by atoms with van der Waals surface area (Å²) in [4.78, 5) is 20.7. The van der Waals surface area contributed by atoms with Crippen molar-refractivity contribution >= 4 is 68.2 Å². The van der Waals surface area contributed by atoms with Crippen molar-refractivity contribution in [2.24, 2.45) is 12.5 Å². The van der Waals surface area contributed by atoms with E-state index in [1.54, 1.807) is 43.7 Å². The zero-order valence-corrected chi connectivity index (χ0v) is 28.6. The lowest BCUT2D eigenvalue weighted by molar-refractivity contribution is 0.160. The molecule has 0 saturated carbocycles. The molecule has 1 atom stereocenters. The van der Waals surface area contributed by atoms with E-state index in [-0.39, 0.29) is 5.41 Å². The molecule has 0 aliphatic carbocycles. The van der Waals surface area contributed by atoms with Crippen LogP contribution in [-0.4, -0.2) is 76.5 Å². The van der Waals surface area contributed by atoms with Gasteiger partial charge in [0.1, 0.15) is 24.2 Å². The minimum absolute atomic E-state index is 0.200. The Kier molecular flexibility index (Phi) is 7.94. The molecule has 46 heavy (non-hydrogen) atoms. The van der Waals surface area contributed by atoms with E-state index in [1.807, 2.05) is 31.6 Å². The predicted octanol–water partition coefficient (Wildman–Crippen LogP) is 5.94. The van der Waals surface area contributed by atoms with Crippen LogP contribution in [0, 0.1) is 5.41 Å². The highest BCUT2D eigenvalue weighted by Crippen LogP contribution is 2.46. The Morgan fingerprint density at radius 3 is 2.65 bits per heavy atom. The van der Waals surface area contributed by atoms with E-state index in [9.17, 15) is 4.57 Å². The number of nitrogens with zero attached hydrogens (tertiary/aromatic N) is 7. The van der Waals surface area contributed by atoms with Crippen LogP contribution in [0.25, 0.3) is 22.2 Å². The van der Waals surface area contributed by atoms with Gasteiger partial charge in [-0.1, -0.05) is 0 Å². The fourth-order valence-corrected chi connectivity index (χ4v) is 8.12. The first-order chi connectivity index (χ1) is 22.1. The number of hydrogen-bond acceptors (Lipinski definition) is 11. The average molecular weight is 705 g/mol. The summed E-state index contributed by atoms with van der Waals surface area (Å²) in [7, 11) is 0.821. The fraction of sp³-hybridized carbons (Fsp3) is 0.344. The number of aromatic nitrogens is 6. The Labute approximate surface area is 275 Å². The number of ether oxygens (including phenoxy) is 2. The molecule has 2 N–H and O–H groups in total. The summed E-state index contributed by atoms with van der Waals surface area (Å²) in [5.41, 5.74) is 5.96. The molecule has 1 unspecified atom stereocenters. The molecular weight excluding hydrogens is 669 g/mol. The van der Waals surface area contributed by atoms with Crippen molar-refractivity contribution < 1.29 is 14.0 Å². The van der Waals surface area contributed by atoms with Crippen LogP contribution in [0.5, 0.6) is 5.75 Å². The normalized spacial score (nSPS) is 18.1. The molecule has 238 valence electrons. The van der Waals surface area contributed by atoms with Crippen LogP contribution >= 0.6 is 23.1 Å². The van der Waals surface area contributed by atoms with Gasteiger partial charge in [-0.2, -0.15) is 10.1 Å². The molecule has 2 aliphatic rings. The summed E-state index contributed by atoms with van der Waals surface area (Å²) in [6.07, 6.45) is 11.0. The Bertz CT molecular complexity index is 1990. The number of aryl methyl sites for hydroxylation is 1. The van der Waals surface area contributed by atoms with Crippen LogP contribution in [0.4, 0.5) is 28.8 Å². The molecule has 12 nitrogen and oxygen atoms in total. The number of methoxy groups -OCH3 is 1. The highest BCUT2D eigenvalue weighted by Gasteiger charge is 2.42. The van der Waals surface area contributed by atoms with Gasteiger partial charge in [-0.3, -0.25) is 14.6 Å². The zero-order chi connectivity index (χ0) is 32.1. The van der Waals surface area contributed by atoms with Gasteiger partial charge in [-0.05, 0) is 60.3 Å². The van der Waals surface area contributed by atoms with E-state index in [1.165, 1.54) is 0 Å². The molecule has 7 rings (SSSR count). The van der Waals surface area contributed by atoms with E-state index in [0.29, 0.717) is 49.7 Å². The minimum Gasteiger partial charge on any atom is -0.494 e. The van der Waals surface area contributed by atoms with Crippen molar-refractivity contribution in [2.45, 2.75) is 12.8 Å². The SMILES string of the molecule is COc1cc(N2CCC3(CCOC3)C2)c(-c2cnn(C)c2)cc1Nc1ncc(Br)c(Nc2ccc3nccnc3c2P(C)(C)=O)n1. The second-order valence-corrected chi connectivity index (χ2v) is 16.3. The summed E-state index contributed by atoms with van der Waals surface area (Å²) >= 11 is 3.58. The van der Waals surface area contributed by atoms with Crippen molar-refractivity contribution in [1.82, 2.24) is 29.7 Å². The van der Waals surface area contributed by atoms with E-state index in [2.05, 4.69) is 63.6 Å². The van der Waals surface area contributed by atoms with E-state index in [0.717, 1.165) is 56.0 Å². The lowest BCUT2D eigenvalue weighted by Crippen LogP contribution is -2.27. The number of hydrogen-bond donors (Lipinski definition) is 2. The number of nitrogens with one attached hydrogen (secondary N) is 2. The largest absolute Gasteiger partial charge is 0.494 e. The van der Waals surface area contributed by atoms with Gasteiger partial charge in [0.2, 0.25) is 5.95 Å². The second kappa shape index (κ2) is 11.9. The van der Waals surface area contributed by atoms with Crippen LogP contribution in [0.3, 0.4) is 0 Å². The molecule has 14 heteroatoms. The second-order valence-electron chi connectivity index (χ2n) is 12.3. The summed E-state index contributed by atoms with van der Waals surface area (Å²) in [6.45, 7) is 6.97. The maximum atomic E-state index is 13.5. The first kappa shape index (κ1) is 30.6. The highest BCUT2D eigenvalue weighted by atomic mass is 79.9. The fourth-order valence-electron chi connectivity index (χ4n) is 6.43. The van der Waals surface area contributed by atoms with Crippen LogP contribution in [0.15, 0.2) is 59.7 Å². The van der Waals surface area contributed by atoms with Gasteiger partial charge in [-0.25, -0.2) is 4.98 Å². The Balaban J connectivity index is 1.25. The first-order valence-electron chi connectivity index (χ1n) is 15.0. The van der Waals surface area contributed by atoms with Crippen LogP contribution < -0.4 is 25.6 Å².